The maximum Gasteiger partial charge on any atom is 0.181 e. The first kappa shape index (κ1) is 12.6. The Bertz CT molecular complexity index is 604. The number of halogens is 1. The average molecular weight is 266 g/mol. The van der Waals surface area contributed by atoms with E-state index in [0.717, 1.165) is 5.56 Å². The van der Waals surface area contributed by atoms with Crippen LogP contribution in [0.3, 0.4) is 0 Å². The molecule has 0 radical (unpaired) electrons. The van der Waals surface area contributed by atoms with Crippen LogP contribution in [0.2, 0.25) is 5.02 Å². The van der Waals surface area contributed by atoms with E-state index in [1.807, 2.05) is 6.92 Å². The van der Waals surface area contributed by atoms with Crippen molar-refractivity contribution >= 4 is 17.4 Å². The van der Waals surface area contributed by atoms with E-state index >= 15 is 0 Å². The summed E-state index contributed by atoms with van der Waals surface area (Å²) >= 11 is 6.09. The Morgan fingerprint density at radius 3 is 2.78 bits per heavy atom. The van der Waals surface area contributed by atoms with E-state index in [9.17, 15) is 4.79 Å². The molecule has 0 aliphatic rings. The molecule has 0 aliphatic carbocycles. The first-order valence-electron chi connectivity index (χ1n) is 5.34. The maximum atomic E-state index is 11.5. The zero-order valence-electron chi connectivity index (χ0n) is 10.3. The van der Waals surface area contributed by atoms with E-state index in [1.165, 1.54) is 13.1 Å². The van der Waals surface area contributed by atoms with Crippen LogP contribution >= 0.6 is 11.6 Å². The highest BCUT2D eigenvalue weighted by Gasteiger charge is 2.19. The molecule has 0 bridgehead atoms. The molecule has 94 valence electrons. The van der Waals surface area contributed by atoms with Gasteiger partial charge in [-0.2, -0.15) is 0 Å². The topological polar surface area (TPSA) is 52.3 Å². The predicted molar refractivity (Wildman–Crippen MR) is 68.2 cm³/mol. The first-order valence-corrected chi connectivity index (χ1v) is 5.72. The summed E-state index contributed by atoms with van der Waals surface area (Å²) < 4.78 is 10.4. The Morgan fingerprint density at radius 2 is 2.17 bits per heavy atom. The second kappa shape index (κ2) is 4.82. The number of hydrogen-bond acceptors (Lipinski definition) is 4. The van der Waals surface area contributed by atoms with Gasteiger partial charge >= 0.3 is 0 Å². The minimum Gasteiger partial charge on any atom is -0.496 e. The Hall–Kier alpha value is -1.81. The summed E-state index contributed by atoms with van der Waals surface area (Å²) in [6.45, 7) is 3.33. The van der Waals surface area contributed by atoms with E-state index in [-0.39, 0.29) is 5.78 Å². The number of nitrogens with zero attached hydrogens (tertiary/aromatic N) is 1. The molecule has 1 aromatic carbocycles. The zero-order chi connectivity index (χ0) is 13.3. The summed E-state index contributed by atoms with van der Waals surface area (Å²) in [7, 11) is 1.55. The Balaban J connectivity index is 2.66. The van der Waals surface area contributed by atoms with Crippen LogP contribution < -0.4 is 4.74 Å². The predicted octanol–water partition coefficient (Wildman–Crippen LogP) is 3.51. The van der Waals surface area contributed by atoms with Crippen LogP contribution in [0.25, 0.3) is 11.3 Å². The fourth-order valence-corrected chi connectivity index (χ4v) is 1.85. The average Bonchev–Trinajstić information content (AvgIpc) is 2.81. The van der Waals surface area contributed by atoms with Gasteiger partial charge in [0.05, 0.1) is 24.4 Å². The summed E-state index contributed by atoms with van der Waals surface area (Å²) in [6.07, 6.45) is 1.39. The van der Waals surface area contributed by atoms with Gasteiger partial charge in [0.1, 0.15) is 5.75 Å². The van der Waals surface area contributed by atoms with E-state index in [1.54, 1.807) is 19.2 Å². The number of aryl methyl sites for hydroxylation is 1. The molecule has 0 fully saturated rings. The van der Waals surface area contributed by atoms with Gasteiger partial charge in [0.2, 0.25) is 0 Å². The van der Waals surface area contributed by atoms with Crippen molar-refractivity contribution in [2.45, 2.75) is 13.8 Å². The quantitative estimate of drug-likeness (QED) is 0.797. The summed E-state index contributed by atoms with van der Waals surface area (Å²) in [5.41, 5.74) is 1.92. The van der Waals surface area contributed by atoms with Gasteiger partial charge in [-0.15, -0.1) is 0 Å². The number of Topliss-reactive ketones (excluding diaryl/α,β-unsaturated/α-hetero) is 1. The summed E-state index contributed by atoms with van der Waals surface area (Å²) in [5, 5.41) is 4.23. The lowest BCUT2D eigenvalue weighted by Crippen LogP contribution is -1.95. The Labute approximate surface area is 109 Å². The van der Waals surface area contributed by atoms with Crippen LogP contribution in [0.15, 0.2) is 22.9 Å². The number of benzene rings is 1. The standard InChI is InChI=1S/C13H12ClNO3/c1-7-4-12(17-3)9(5-11(7)14)13-10(8(2)16)6-15-18-13/h4-6H,1-3H3. The van der Waals surface area contributed by atoms with Crippen molar-refractivity contribution in [1.29, 1.82) is 0 Å². The number of carbonyl (C=O) groups excluding carboxylic acids is 1. The number of rotatable bonds is 3. The van der Waals surface area contributed by atoms with Crippen molar-refractivity contribution in [3.8, 4) is 17.1 Å². The highest BCUT2D eigenvalue weighted by atomic mass is 35.5. The molecule has 1 heterocycles. The van der Waals surface area contributed by atoms with Crippen LogP contribution in [0.1, 0.15) is 22.8 Å². The van der Waals surface area contributed by atoms with E-state index < -0.39 is 0 Å². The fraction of sp³-hybridized carbons (Fsp3) is 0.231. The molecule has 1 aromatic heterocycles. The molecule has 0 atom stereocenters. The number of aromatic nitrogens is 1. The van der Waals surface area contributed by atoms with Gasteiger partial charge in [-0.05, 0) is 31.5 Å². The van der Waals surface area contributed by atoms with Crippen molar-refractivity contribution in [3.05, 3.63) is 34.5 Å². The van der Waals surface area contributed by atoms with Gasteiger partial charge in [-0.1, -0.05) is 16.8 Å². The lowest BCUT2D eigenvalue weighted by atomic mass is 10.0. The van der Waals surface area contributed by atoms with E-state index in [4.69, 9.17) is 20.9 Å². The Kier molecular flexibility index (Phi) is 3.39. The van der Waals surface area contributed by atoms with Gasteiger partial charge in [-0.25, -0.2) is 0 Å². The van der Waals surface area contributed by atoms with Crippen LogP contribution in [-0.2, 0) is 0 Å². The van der Waals surface area contributed by atoms with E-state index in [2.05, 4.69) is 5.16 Å². The fourth-order valence-electron chi connectivity index (χ4n) is 1.69. The van der Waals surface area contributed by atoms with Crippen LogP contribution in [0.5, 0.6) is 5.75 Å². The molecule has 2 rings (SSSR count). The van der Waals surface area contributed by atoms with E-state index in [0.29, 0.717) is 27.7 Å². The van der Waals surface area contributed by atoms with Gasteiger partial charge in [0, 0.05) is 5.02 Å². The molecule has 0 saturated carbocycles. The first-order chi connectivity index (χ1) is 8.54. The molecule has 2 aromatic rings. The number of methoxy groups -OCH3 is 1. The number of ether oxygens (including phenoxy) is 1. The lowest BCUT2D eigenvalue weighted by molar-refractivity contribution is 0.101. The van der Waals surface area contributed by atoms with Crippen molar-refractivity contribution in [2.75, 3.05) is 7.11 Å². The minimum absolute atomic E-state index is 0.120. The van der Waals surface area contributed by atoms with Crippen LogP contribution in [-0.4, -0.2) is 18.0 Å². The normalized spacial score (nSPS) is 10.4. The third kappa shape index (κ3) is 2.11. The summed E-state index contributed by atoms with van der Waals surface area (Å²) in [4.78, 5) is 11.5. The molecular weight excluding hydrogens is 254 g/mol. The second-order valence-corrected chi connectivity index (χ2v) is 4.33. The molecule has 18 heavy (non-hydrogen) atoms. The van der Waals surface area contributed by atoms with Crippen molar-refractivity contribution in [3.63, 3.8) is 0 Å². The SMILES string of the molecule is COc1cc(C)c(Cl)cc1-c1oncc1C(C)=O. The Morgan fingerprint density at radius 1 is 1.44 bits per heavy atom. The molecule has 4 nitrogen and oxygen atoms in total. The van der Waals surface area contributed by atoms with Crippen LogP contribution in [0, 0.1) is 6.92 Å². The van der Waals surface area contributed by atoms with Gasteiger partial charge in [0.25, 0.3) is 0 Å². The molecule has 5 heteroatoms. The lowest BCUT2D eigenvalue weighted by Gasteiger charge is -2.09. The summed E-state index contributed by atoms with van der Waals surface area (Å²) in [5.74, 6) is 0.849. The second-order valence-electron chi connectivity index (χ2n) is 3.93. The summed E-state index contributed by atoms with van der Waals surface area (Å²) in [6, 6.07) is 3.51. The van der Waals surface area contributed by atoms with Gasteiger partial charge in [-0.3, -0.25) is 4.79 Å². The highest BCUT2D eigenvalue weighted by Crippen LogP contribution is 2.36. The van der Waals surface area contributed by atoms with Gasteiger partial charge < -0.3 is 9.26 Å². The van der Waals surface area contributed by atoms with Crippen LogP contribution in [0.4, 0.5) is 0 Å². The maximum absolute atomic E-state index is 11.5. The molecule has 0 amide bonds. The minimum atomic E-state index is -0.120. The zero-order valence-corrected chi connectivity index (χ0v) is 11.0. The highest BCUT2D eigenvalue weighted by molar-refractivity contribution is 6.31. The van der Waals surface area contributed by atoms with Crippen molar-refractivity contribution in [1.82, 2.24) is 5.16 Å². The monoisotopic (exact) mass is 265 g/mol. The molecular formula is C13H12ClNO3. The molecule has 0 N–H and O–H groups in total. The smallest absolute Gasteiger partial charge is 0.181 e. The number of ketones is 1. The molecule has 0 spiro atoms. The van der Waals surface area contributed by atoms with Crippen molar-refractivity contribution in [2.24, 2.45) is 0 Å². The molecule has 0 saturated heterocycles. The van der Waals surface area contributed by atoms with Crippen molar-refractivity contribution < 1.29 is 14.1 Å². The molecule has 0 aliphatic heterocycles. The number of hydrogen-bond donors (Lipinski definition) is 0. The number of carbonyl (C=O) groups is 1. The van der Waals surface area contributed by atoms with Gasteiger partial charge in [0.15, 0.2) is 11.5 Å². The third-order valence-electron chi connectivity index (χ3n) is 2.68. The molecule has 0 unspecified atom stereocenters. The third-order valence-corrected chi connectivity index (χ3v) is 3.08. The largest absolute Gasteiger partial charge is 0.496 e.